The van der Waals surface area contributed by atoms with Gasteiger partial charge in [0.1, 0.15) is 11.4 Å². The van der Waals surface area contributed by atoms with Crippen LogP contribution in [0.15, 0.2) is 35.7 Å². The minimum absolute atomic E-state index is 0.157. The molecule has 0 saturated heterocycles. The zero-order chi connectivity index (χ0) is 16.4. The van der Waals surface area contributed by atoms with E-state index in [9.17, 15) is 14.7 Å². The second-order valence-corrected chi connectivity index (χ2v) is 6.32. The van der Waals surface area contributed by atoms with E-state index in [4.69, 9.17) is 5.26 Å². The first-order valence-corrected chi connectivity index (χ1v) is 8.06. The molecule has 0 bridgehead atoms. The van der Waals surface area contributed by atoms with Gasteiger partial charge in [0.2, 0.25) is 5.91 Å². The average molecular weight is 326 g/mol. The second-order valence-electron chi connectivity index (χ2n) is 5.44. The van der Waals surface area contributed by atoms with E-state index in [1.807, 2.05) is 30.3 Å². The van der Waals surface area contributed by atoms with Crippen LogP contribution in [0.25, 0.3) is 0 Å². The van der Waals surface area contributed by atoms with Gasteiger partial charge in [-0.05, 0) is 34.8 Å². The summed E-state index contributed by atoms with van der Waals surface area (Å²) < 4.78 is 0. The fourth-order valence-corrected chi connectivity index (χ4v) is 3.84. The molecule has 0 aliphatic heterocycles. The minimum atomic E-state index is -1.05. The number of nitrogens with zero attached hydrogens (tertiary/aromatic N) is 1. The molecule has 2 unspecified atom stereocenters. The number of hydrogen-bond donors (Lipinski definition) is 2. The molecule has 1 aliphatic rings. The van der Waals surface area contributed by atoms with E-state index in [1.54, 1.807) is 11.4 Å². The van der Waals surface area contributed by atoms with Crippen LogP contribution in [-0.2, 0) is 4.79 Å². The molecular weight excluding hydrogens is 312 g/mol. The summed E-state index contributed by atoms with van der Waals surface area (Å²) in [6.45, 7) is 0. The lowest BCUT2D eigenvalue weighted by Crippen LogP contribution is -2.12. The van der Waals surface area contributed by atoms with Gasteiger partial charge >= 0.3 is 5.97 Å². The van der Waals surface area contributed by atoms with Crippen LogP contribution >= 0.6 is 11.3 Å². The van der Waals surface area contributed by atoms with Crippen LogP contribution in [0.4, 0.5) is 5.00 Å². The molecule has 23 heavy (non-hydrogen) atoms. The molecule has 1 aliphatic carbocycles. The summed E-state index contributed by atoms with van der Waals surface area (Å²) in [5.74, 6) is -1.04. The Morgan fingerprint density at radius 3 is 2.70 bits per heavy atom. The number of carbonyl (C=O) groups is 2. The van der Waals surface area contributed by atoms with Crippen LogP contribution < -0.4 is 5.32 Å². The summed E-state index contributed by atoms with van der Waals surface area (Å²) in [7, 11) is 0. The predicted octanol–water partition coefficient (Wildman–Crippen LogP) is 3.57. The van der Waals surface area contributed by atoms with Crippen LogP contribution in [0.1, 0.15) is 46.2 Å². The van der Waals surface area contributed by atoms with Crippen molar-refractivity contribution in [2.24, 2.45) is 0 Å². The molecule has 5 nitrogen and oxygen atoms in total. The predicted molar refractivity (Wildman–Crippen MR) is 86.7 cm³/mol. The maximum Gasteiger partial charge on any atom is 0.339 e. The summed E-state index contributed by atoms with van der Waals surface area (Å²) in [5.41, 5.74) is 2.13. The van der Waals surface area contributed by atoms with E-state index in [0.717, 1.165) is 12.0 Å². The third-order valence-electron chi connectivity index (χ3n) is 3.94. The number of nitrogens with one attached hydrogen (secondary N) is 1. The number of rotatable bonds is 5. The Kier molecular flexibility index (Phi) is 4.13. The van der Waals surface area contributed by atoms with Crippen molar-refractivity contribution in [2.45, 2.75) is 24.7 Å². The Morgan fingerprint density at radius 2 is 2.04 bits per heavy atom. The molecule has 2 aromatic rings. The molecule has 2 atom stereocenters. The topological polar surface area (TPSA) is 90.2 Å². The van der Waals surface area contributed by atoms with Crippen molar-refractivity contribution in [2.75, 3.05) is 5.32 Å². The van der Waals surface area contributed by atoms with Crippen LogP contribution in [0, 0.1) is 11.3 Å². The van der Waals surface area contributed by atoms with E-state index >= 15 is 0 Å². The summed E-state index contributed by atoms with van der Waals surface area (Å²) in [4.78, 5) is 23.2. The van der Waals surface area contributed by atoms with Crippen molar-refractivity contribution in [1.29, 1.82) is 5.26 Å². The van der Waals surface area contributed by atoms with Crippen LogP contribution in [0.2, 0.25) is 0 Å². The monoisotopic (exact) mass is 326 g/mol. The van der Waals surface area contributed by atoms with Crippen molar-refractivity contribution in [1.82, 2.24) is 0 Å². The van der Waals surface area contributed by atoms with E-state index in [-0.39, 0.29) is 17.9 Å². The van der Waals surface area contributed by atoms with Gasteiger partial charge in [-0.3, -0.25) is 4.79 Å². The van der Waals surface area contributed by atoms with Crippen molar-refractivity contribution in [3.8, 4) is 6.07 Å². The highest BCUT2D eigenvalue weighted by Gasteiger charge is 2.42. The fraction of sp³-hybridized carbons (Fsp3) is 0.235. The maximum absolute atomic E-state index is 11.6. The van der Waals surface area contributed by atoms with Crippen LogP contribution in [0.5, 0.6) is 0 Å². The summed E-state index contributed by atoms with van der Waals surface area (Å²) in [6.07, 6.45) is 0.620. The number of carbonyl (C=O) groups excluding carboxylic acids is 1. The Balaban J connectivity index is 1.84. The number of thiophene rings is 1. The molecule has 1 saturated carbocycles. The quantitative estimate of drug-likeness (QED) is 0.879. The largest absolute Gasteiger partial charge is 0.478 e. The Bertz CT molecular complexity index is 792. The van der Waals surface area contributed by atoms with Gasteiger partial charge < -0.3 is 10.4 Å². The summed E-state index contributed by atoms with van der Waals surface area (Å²) in [5, 5.41) is 22.7. The van der Waals surface area contributed by atoms with E-state index in [2.05, 4.69) is 5.32 Å². The molecule has 1 amide bonds. The van der Waals surface area contributed by atoms with Crippen molar-refractivity contribution in [3.05, 3.63) is 52.4 Å². The fourth-order valence-electron chi connectivity index (χ4n) is 2.81. The molecule has 1 aromatic heterocycles. The molecule has 0 radical (unpaired) electrons. The third-order valence-corrected chi connectivity index (χ3v) is 4.86. The van der Waals surface area contributed by atoms with E-state index in [1.165, 1.54) is 16.9 Å². The number of benzene rings is 1. The van der Waals surface area contributed by atoms with Gasteiger partial charge in [-0.2, -0.15) is 5.26 Å². The smallest absolute Gasteiger partial charge is 0.339 e. The third kappa shape index (κ3) is 3.10. The normalized spacial score (nSPS) is 18.9. The number of nitriles is 1. The van der Waals surface area contributed by atoms with Crippen molar-refractivity contribution < 1.29 is 14.7 Å². The van der Waals surface area contributed by atoms with Gasteiger partial charge in [0.05, 0.1) is 11.6 Å². The molecule has 1 heterocycles. The second kappa shape index (κ2) is 6.23. The van der Waals surface area contributed by atoms with Crippen molar-refractivity contribution in [3.63, 3.8) is 0 Å². The van der Waals surface area contributed by atoms with Gasteiger partial charge in [-0.1, -0.05) is 30.3 Å². The van der Waals surface area contributed by atoms with Crippen molar-refractivity contribution >= 4 is 28.2 Å². The van der Waals surface area contributed by atoms with Gasteiger partial charge in [0.15, 0.2) is 0 Å². The number of carboxylic acid groups (broad SMARTS) is 1. The number of aromatic carboxylic acids is 1. The van der Waals surface area contributed by atoms with Crippen LogP contribution in [0.3, 0.4) is 0 Å². The molecule has 1 fully saturated rings. The van der Waals surface area contributed by atoms with Crippen LogP contribution in [-0.4, -0.2) is 17.0 Å². The summed E-state index contributed by atoms with van der Waals surface area (Å²) >= 11 is 1.20. The molecule has 6 heteroatoms. The maximum atomic E-state index is 11.6. The number of carboxylic acids is 1. The Hall–Kier alpha value is -2.65. The minimum Gasteiger partial charge on any atom is -0.478 e. The lowest BCUT2D eigenvalue weighted by molar-refractivity contribution is -0.115. The average Bonchev–Trinajstić information content (AvgIpc) is 3.22. The highest BCUT2D eigenvalue weighted by Crippen LogP contribution is 2.57. The molecule has 0 spiro atoms. The SMILES string of the molecule is N#CCC(=O)Nc1scc(C2CC2c2ccccc2)c1C(=O)O. The van der Waals surface area contributed by atoms with Gasteiger partial charge in [0, 0.05) is 0 Å². The zero-order valence-corrected chi connectivity index (χ0v) is 13.0. The van der Waals surface area contributed by atoms with Gasteiger partial charge in [0.25, 0.3) is 0 Å². The first-order valence-electron chi connectivity index (χ1n) is 7.18. The van der Waals surface area contributed by atoms with E-state index in [0.29, 0.717) is 10.9 Å². The molecule has 116 valence electrons. The first kappa shape index (κ1) is 15.3. The number of anilines is 1. The van der Waals surface area contributed by atoms with E-state index < -0.39 is 11.9 Å². The van der Waals surface area contributed by atoms with Gasteiger partial charge in [-0.15, -0.1) is 11.3 Å². The number of amides is 1. The Morgan fingerprint density at radius 1 is 1.30 bits per heavy atom. The number of hydrogen-bond acceptors (Lipinski definition) is 4. The standard InChI is InChI=1S/C17H14N2O3S/c18-7-6-14(20)19-16-15(17(21)22)13(9-23-16)12-8-11(12)10-4-2-1-3-5-10/h1-5,9,11-12H,6,8H2,(H,19,20)(H,21,22). The zero-order valence-electron chi connectivity index (χ0n) is 12.2. The molecule has 3 rings (SSSR count). The highest BCUT2D eigenvalue weighted by atomic mass is 32.1. The lowest BCUT2D eigenvalue weighted by Gasteiger charge is -2.04. The highest BCUT2D eigenvalue weighted by molar-refractivity contribution is 7.15. The molecule has 2 N–H and O–H groups in total. The Labute approximate surface area is 137 Å². The first-order chi connectivity index (χ1) is 11.1. The lowest BCUT2D eigenvalue weighted by atomic mass is 10.0. The summed E-state index contributed by atoms with van der Waals surface area (Å²) in [6, 6.07) is 11.8. The van der Waals surface area contributed by atoms with Gasteiger partial charge in [-0.25, -0.2) is 4.79 Å². The molecular formula is C17H14N2O3S. The molecule has 1 aromatic carbocycles.